The molecular weight excluding hydrogens is 293 g/mol. The third-order valence-corrected chi connectivity index (χ3v) is 6.58. The Kier molecular flexibility index (Phi) is 2.84. The molecule has 0 saturated carbocycles. The maximum atomic E-state index is 8.80. The van der Waals surface area contributed by atoms with Gasteiger partial charge >= 0.3 is 110 Å². The van der Waals surface area contributed by atoms with E-state index in [1.54, 1.807) is 0 Å². The standard InChI is InChI=1S/C13H8AsNOS/c15-8-17-12-7-3-6-11-13(12)14-9-4-1-2-5-10(9)16-11/h1-7,14H. The van der Waals surface area contributed by atoms with Gasteiger partial charge in [0.2, 0.25) is 0 Å². The van der Waals surface area contributed by atoms with Crippen LogP contribution in [-0.2, 0) is 0 Å². The Morgan fingerprint density at radius 1 is 1.06 bits per heavy atom. The molecule has 0 radical (unpaired) electrons. The first-order valence-corrected chi connectivity index (χ1v) is 8.03. The first-order chi connectivity index (χ1) is 8.38. The Morgan fingerprint density at radius 3 is 2.76 bits per heavy atom. The van der Waals surface area contributed by atoms with Crippen molar-refractivity contribution < 1.29 is 4.74 Å². The van der Waals surface area contributed by atoms with Crippen molar-refractivity contribution in [3.63, 3.8) is 0 Å². The molecule has 1 heterocycles. The van der Waals surface area contributed by atoms with Crippen molar-refractivity contribution in [2.75, 3.05) is 0 Å². The molecule has 0 spiro atoms. The van der Waals surface area contributed by atoms with Crippen LogP contribution in [0.3, 0.4) is 0 Å². The SMILES string of the molecule is N#CSc1cccc2c1[AsH]c1ccccc1O2. The van der Waals surface area contributed by atoms with Crippen molar-refractivity contribution in [2.24, 2.45) is 0 Å². The van der Waals surface area contributed by atoms with Crippen LogP contribution in [0.1, 0.15) is 0 Å². The number of nitrogens with zero attached hydrogens (tertiary/aromatic N) is 1. The van der Waals surface area contributed by atoms with Crippen molar-refractivity contribution in [1.82, 2.24) is 0 Å². The third kappa shape index (κ3) is 1.95. The van der Waals surface area contributed by atoms with E-state index in [1.807, 2.05) is 36.4 Å². The number of nitriles is 1. The second-order valence-electron chi connectivity index (χ2n) is 3.55. The maximum absolute atomic E-state index is 8.80. The molecule has 1 aliphatic rings. The molecular formula is C13H8AsNOS. The summed E-state index contributed by atoms with van der Waals surface area (Å²) in [6, 6.07) is 14.1. The fourth-order valence-electron chi connectivity index (χ4n) is 1.77. The van der Waals surface area contributed by atoms with Gasteiger partial charge in [-0.25, -0.2) is 0 Å². The molecule has 3 rings (SSSR count). The van der Waals surface area contributed by atoms with Crippen LogP contribution in [0.25, 0.3) is 0 Å². The summed E-state index contributed by atoms with van der Waals surface area (Å²) < 4.78 is 8.40. The van der Waals surface area contributed by atoms with E-state index in [0.29, 0.717) is 0 Å². The zero-order valence-electron chi connectivity index (χ0n) is 8.81. The molecule has 2 aromatic carbocycles. The second-order valence-corrected chi connectivity index (χ2v) is 7.08. The van der Waals surface area contributed by atoms with Crippen LogP contribution in [0, 0.1) is 10.7 Å². The van der Waals surface area contributed by atoms with E-state index in [0.717, 1.165) is 16.4 Å². The number of para-hydroxylation sites is 1. The number of rotatable bonds is 1. The summed E-state index contributed by atoms with van der Waals surface area (Å²) in [6.07, 6.45) is 0. The molecule has 0 amide bonds. The van der Waals surface area contributed by atoms with Gasteiger partial charge in [0.1, 0.15) is 0 Å². The van der Waals surface area contributed by atoms with E-state index in [4.69, 9.17) is 10.00 Å². The fourth-order valence-corrected chi connectivity index (χ4v) is 5.26. The third-order valence-electron chi connectivity index (χ3n) is 2.51. The Hall–Kier alpha value is -1.36. The van der Waals surface area contributed by atoms with Gasteiger partial charge in [-0.15, -0.1) is 0 Å². The van der Waals surface area contributed by atoms with Crippen LogP contribution in [0.2, 0.25) is 0 Å². The van der Waals surface area contributed by atoms with E-state index in [9.17, 15) is 0 Å². The second kappa shape index (κ2) is 4.49. The summed E-state index contributed by atoms with van der Waals surface area (Å²) >= 11 is 0.817. The van der Waals surface area contributed by atoms with Gasteiger partial charge in [-0.05, 0) is 0 Å². The first kappa shape index (κ1) is 10.8. The first-order valence-electron chi connectivity index (χ1n) is 5.11. The number of benzene rings is 2. The average molecular weight is 301 g/mol. The van der Waals surface area contributed by atoms with Gasteiger partial charge in [0.05, 0.1) is 0 Å². The predicted molar refractivity (Wildman–Crippen MR) is 70.8 cm³/mol. The van der Waals surface area contributed by atoms with Crippen LogP contribution in [0.4, 0.5) is 0 Å². The molecule has 1 unspecified atom stereocenters. The number of fused-ring (bicyclic) bond motifs is 2. The molecule has 0 fully saturated rings. The number of thiocyanates is 1. The topological polar surface area (TPSA) is 33.0 Å². The van der Waals surface area contributed by atoms with E-state index in [2.05, 4.69) is 11.5 Å². The molecule has 0 bridgehead atoms. The number of ether oxygens (including phenoxy) is 1. The normalized spacial score (nSPS) is 13.4. The van der Waals surface area contributed by atoms with Gasteiger partial charge in [-0.3, -0.25) is 0 Å². The molecule has 0 saturated heterocycles. The van der Waals surface area contributed by atoms with Crippen molar-refractivity contribution in [3.8, 4) is 16.9 Å². The minimum absolute atomic E-state index is 0.404. The van der Waals surface area contributed by atoms with Crippen molar-refractivity contribution >= 4 is 36.2 Å². The van der Waals surface area contributed by atoms with Crippen molar-refractivity contribution in [2.45, 2.75) is 4.90 Å². The molecule has 82 valence electrons. The molecule has 2 nitrogen and oxygen atoms in total. The number of hydrogen-bond acceptors (Lipinski definition) is 3. The van der Waals surface area contributed by atoms with Crippen LogP contribution < -0.4 is 13.4 Å². The summed E-state index contributed by atoms with van der Waals surface area (Å²) in [7, 11) is 0. The Labute approximate surface area is 110 Å². The van der Waals surface area contributed by atoms with E-state index in [-0.39, 0.29) is 0 Å². The summed E-state index contributed by atoms with van der Waals surface area (Å²) in [5.41, 5.74) is 0. The molecule has 0 aliphatic carbocycles. The summed E-state index contributed by atoms with van der Waals surface area (Å²) in [6.45, 7) is 0. The van der Waals surface area contributed by atoms with Gasteiger partial charge in [-0.2, -0.15) is 0 Å². The number of hydrogen-bond donors (Lipinski definition) is 0. The summed E-state index contributed by atoms with van der Waals surface area (Å²) in [5, 5.41) is 10.9. The molecule has 2 aromatic rings. The molecule has 4 heteroatoms. The zero-order valence-corrected chi connectivity index (χ0v) is 11.7. The van der Waals surface area contributed by atoms with Gasteiger partial charge in [-0.1, -0.05) is 0 Å². The summed E-state index contributed by atoms with van der Waals surface area (Å²) in [5.74, 6) is 1.89. The quantitative estimate of drug-likeness (QED) is 0.390. The molecule has 0 aromatic heterocycles. The van der Waals surface area contributed by atoms with Crippen LogP contribution in [-0.4, -0.2) is 15.8 Å². The molecule has 17 heavy (non-hydrogen) atoms. The van der Waals surface area contributed by atoms with Crippen molar-refractivity contribution in [1.29, 1.82) is 5.26 Å². The Bertz CT molecular complexity index is 621. The predicted octanol–water partition coefficient (Wildman–Crippen LogP) is 1.75. The molecule has 1 aliphatic heterocycles. The Morgan fingerprint density at radius 2 is 1.88 bits per heavy atom. The zero-order chi connectivity index (χ0) is 11.7. The molecule has 0 N–H and O–H groups in total. The minimum atomic E-state index is -0.404. The average Bonchev–Trinajstić information content (AvgIpc) is 2.37. The van der Waals surface area contributed by atoms with Crippen molar-refractivity contribution in [3.05, 3.63) is 42.5 Å². The fraction of sp³-hybridized carbons (Fsp3) is 0. The summed E-state index contributed by atoms with van der Waals surface area (Å²) in [4.78, 5) is 1.04. The van der Waals surface area contributed by atoms with Crippen LogP contribution in [0.5, 0.6) is 11.5 Å². The number of thioether (sulfide) groups is 1. The van der Waals surface area contributed by atoms with Gasteiger partial charge in [0.25, 0.3) is 0 Å². The van der Waals surface area contributed by atoms with Crippen LogP contribution in [0.15, 0.2) is 47.4 Å². The van der Waals surface area contributed by atoms with Gasteiger partial charge in [0.15, 0.2) is 0 Å². The van der Waals surface area contributed by atoms with Gasteiger partial charge in [0, 0.05) is 0 Å². The Balaban J connectivity index is 2.09. The van der Waals surface area contributed by atoms with E-state index >= 15 is 0 Å². The van der Waals surface area contributed by atoms with Gasteiger partial charge < -0.3 is 0 Å². The molecule has 1 atom stereocenters. The monoisotopic (exact) mass is 301 g/mol. The van der Waals surface area contributed by atoms with E-state index in [1.165, 1.54) is 20.5 Å². The van der Waals surface area contributed by atoms with Crippen LogP contribution >= 0.6 is 11.8 Å². The van der Waals surface area contributed by atoms with E-state index < -0.39 is 15.8 Å².